The zero-order valence-electron chi connectivity index (χ0n) is 5.04. The monoisotopic (exact) mass is 319 g/mol. The number of halogens is 2. The lowest BCUT2D eigenvalue weighted by Gasteiger charge is -1.90. The topological polar surface area (TPSA) is 60.2 Å². The van der Waals surface area contributed by atoms with Gasteiger partial charge in [-0.3, -0.25) is 0 Å². The highest BCUT2D eigenvalue weighted by Gasteiger charge is 2.15. The van der Waals surface area contributed by atoms with Gasteiger partial charge in [-0.1, -0.05) is 0 Å². The molecule has 1 rings (SSSR count). The highest BCUT2D eigenvalue weighted by Crippen LogP contribution is 2.33. The predicted molar refractivity (Wildman–Crippen MR) is 51.1 cm³/mol. The number of sulfonamides is 1. The van der Waals surface area contributed by atoms with Gasteiger partial charge in [-0.2, -0.15) is 0 Å². The van der Waals surface area contributed by atoms with Crippen molar-refractivity contribution < 1.29 is 8.42 Å². The fraction of sp³-hybridized carbons (Fsp3) is 0. The first-order valence-electron chi connectivity index (χ1n) is 2.39. The Kier molecular flexibility index (Phi) is 2.75. The van der Waals surface area contributed by atoms with Gasteiger partial charge in [0, 0.05) is 4.47 Å². The van der Waals surface area contributed by atoms with Gasteiger partial charge < -0.3 is 0 Å². The summed E-state index contributed by atoms with van der Waals surface area (Å²) >= 11 is 7.30. The van der Waals surface area contributed by atoms with Crippen LogP contribution in [0.25, 0.3) is 0 Å². The van der Waals surface area contributed by atoms with E-state index in [9.17, 15) is 8.42 Å². The summed E-state index contributed by atoms with van der Waals surface area (Å²) in [6.07, 6.45) is 0. The van der Waals surface area contributed by atoms with Gasteiger partial charge in [0.1, 0.15) is 4.21 Å². The van der Waals surface area contributed by atoms with Crippen LogP contribution in [0.4, 0.5) is 0 Å². The van der Waals surface area contributed by atoms with E-state index in [0.717, 1.165) is 15.1 Å². The minimum absolute atomic E-state index is 0.143. The molecule has 1 heterocycles. The van der Waals surface area contributed by atoms with Gasteiger partial charge in [-0.05, 0) is 37.9 Å². The molecule has 0 atom stereocenters. The van der Waals surface area contributed by atoms with Crippen LogP contribution in [0.3, 0.4) is 0 Å². The van der Waals surface area contributed by atoms with Crippen molar-refractivity contribution in [3.63, 3.8) is 0 Å². The number of rotatable bonds is 1. The van der Waals surface area contributed by atoms with Crippen molar-refractivity contribution in [1.29, 1.82) is 0 Å². The molecule has 0 saturated carbocycles. The van der Waals surface area contributed by atoms with E-state index in [2.05, 4.69) is 31.9 Å². The van der Waals surface area contributed by atoms with Crippen LogP contribution >= 0.6 is 43.2 Å². The number of primary sulfonamides is 1. The van der Waals surface area contributed by atoms with Gasteiger partial charge >= 0.3 is 0 Å². The maximum absolute atomic E-state index is 10.8. The van der Waals surface area contributed by atoms with E-state index in [0.29, 0.717) is 4.47 Å². The second-order valence-electron chi connectivity index (χ2n) is 1.73. The quantitative estimate of drug-likeness (QED) is 0.859. The Morgan fingerprint density at radius 2 is 2.00 bits per heavy atom. The SMILES string of the molecule is NS(=O)(=O)c1sc(Br)cc1Br. The molecule has 11 heavy (non-hydrogen) atoms. The van der Waals surface area contributed by atoms with E-state index in [-0.39, 0.29) is 4.21 Å². The summed E-state index contributed by atoms with van der Waals surface area (Å²) in [6, 6.07) is 1.64. The Hall–Kier alpha value is 0.570. The molecule has 0 spiro atoms. The van der Waals surface area contributed by atoms with Gasteiger partial charge in [0.05, 0.1) is 3.79 Å². The zero-order chi connectivity index (χ0) is 8.65. The molecule has 0 aliphatic heterocycles. The van der Waals surface area contributed by atoms with Crippen molar-refractivity contribution in [2.45, 2.75) is 4.21 Å². The molecule has 0 bridgehead atoms. The fourth-order valence-electron chi connectivity index (χ4n) is 0.519. The molecule has 2 N–H and O–H groups in total. The van der Waals surface area contributed by atoms with Crippen LogP contribution in [0.15, 0.2) is 18.5 Å². The van der Waals surface area contributed by atoms with E-state index in [1.807, 2.05) is 0 Å². The summed E-state index contributed by atoms with van der Waals surface area (Å²) in [4.78, 5) is 0. The van der Waals surface area contributed by atoms with Gasteiger partial charge in [-0.25, -0.2) is 13.6 Å². The Labute approximate surface area is 84.9 Å². The van der Waals surface area contributed by atoms with Crippen LogP contribution < -0.4 is 5.14 Å². The third kappa shape index (κ3) is 2.25. The molecule has 0 amide bonds. The average molecular weight is 321 g/mol. The summed E-state index contributed by atoms with van der Waals surface area (Å²) in [7, 11) is -3.57. The predicted octanol–water partition coefficient (Wildman–Crippen LogP) is 1.92. The number of thiophene rings is 1. The third-order valence-electron chi connectivity index (χ3n) is 0.884. The lowest BCUT2D eigenvalue weighted by Crippen LogP contribution is -2.10. The Balaban J connectivity index is 3.36. The first-order valence-corrected chi connectivity index (χ1v) is 6.34. The molecule has 7 heteroatoms. The van der Waals surface area contributed by atoms with Crippen LogP contribution in [0.5, 0.6) is 0 Å². The van der Waals surface area contributed by atoms with E-state index in [4.69, 9.17) is 5.14 Å². The summed E-state index contributed by atoms with van der Waals surface area (Å²) < 4.78 is 23.0. The lowest BCUT2D eigenvalue weighted by molar-refractivity contribution is 0.599. The van der Waals surface area contributed by atoms with Gasteiger partial charge in [0.2, 0.25) is 10.0 Å². The number of hydrogen-bond donors (Lipinski definition) is 1. The van der Waals surface area contributed by atoms with Crippen LogP contribution in [-0.4, -0.2) is 8.42 Å². The van der Waals surface area contributed by atoms with Crippen LogP contribution in [0.2, 0.25) is 0 Å². The summed E-state index contributed by atoms with van der Waals surface area (Å²) in [5.41, 5.74) is 0. The number of hydrogen-bond acceptors (Lipinski definition) is 3. The van der Waals surface area contributed by atoms with Crippen molar-refractivity contribution in [3.05, 3.63) is 14.3 Å². The van der Waals surface area contributed by atoms with Crippen molar-refractivity contribution in [2.75, 3.05) is 0 Å². The molecule has 0 aliphatic rings. The summed E-state index contributed by atoms with van der Waals surface area (Å²) in [5, 5.41) is 4.90. The Bertz CT molecular complexity index is 369. The van der Waals surface area contributed by atoms with Crippen LogP contribution in [0.1, 0.15) is 0 Å². The standard InChI is InChI=1S/C4H3Br2NO2S2/c5-2-1-3(6)10-4(2)11(7,8)9/h1H,(H2,7,8,9). The molecule has 0 aromatic carbocycles. The van der Waals surface area contributed by atoms with Crippen LogP contribution in [-0.2, 0) is 10.0 Å². The lowest BCUT2D eigenvalue weighted by atomic mass is 10.7. The Morgan fingerprint density at radius 3 is 2.18 bits per heavy atom. The van der Waals surface area contributed by atoms with Gasteiger partial charge in [-0.15, -0.1) is 11.3 Å². The van der Waals surface area contributed by atoms with Crippen molar-refractivity contribution in [1.82, 2.24) is 0 Å². The molecule has 3 nitrogen and oxygen atoms in total. The smallest absolute Gasteiger partial charge is 0.224 e. The van der Waals surface area contributed by atoms with E-state index < -0.39 is 10.0 Å². The van der Waals surface area contributed by atoms with E-state index >= 15 is 0 Å². The van der Waals surface area contributed by atoms with Gasteiger partial charge in [0.15, 0.2) is 0 Å². The minimum atomic E-state index is -3.57. The van der Waals surface area contributed by atoms with E-state index in [1.54, 1.807) is 6.07 Å². The maximum atomic E-state index is 10.8. The molecule has 62 valence electrons. The largest absolute Gasteiger partial charge is 0.248 e. The van der Waals surface area contributed by atoms with E-state index in [1.165, 1.54) is 0 Å². The molecular formula is C4H3Br2NO2S2. The summed E-state index contributed by atoms with van der Waals surface area (Å²) in [6.45, 7) is 0. The highest BCUT2D eigenvalue weighted by atomic mass is 79.9. The molecule has 0 fully saturated rings. The van der Waals surface area contributed by atoms with Crippen molar-refractivity contribution >= 4 is 53.2 Å². The molecule has 1 aromatic rings. The van der Waals surface area contributed by atoms with Gasteiger partial charge in [0.25, 0.3) is 0 Å². The van der Waals surface area contributed by atoms with Crippen LogP contribution in [0, 0.1) is 0 Å². The van der Waals surface area contributed by atoms with Crippen molar-refractivity contribution in [3.8, 4) is 0 Å². The minimum Gasteiger partial charge on any atom is -0.224 e. The molecular weight excluding hydrogens is 318 g/mol. The van der Waals surface area contributed by atoms with Crippen molar-refractivity contribution in [2.24, 2.45) is 5.14 Å². The third-order valence-corrected chi connectivity index (χ3v) is 5.15. The maximum Gasteiger partial charge on any atom is 0.248 e. The Morgan fingerprint density at radius 1 is 1.45 bits per heavy atom. The fourth-order valence-corrected chi connectivity index (χ4v) is 4.74. The molecule has 0 radical (unpaired) electrons. The summed E-state index contributed by atoms with van der Waals surface area (Å²) in [5.74, 6) is 0. The molecule has 0 unspecified atom stereocenters. The molecule has 0 aliphatic carbocycles. The number of nitrogens with two attached hydrogens (primary N) is 1. The first kappa shape index (κ1) is 9.66. The second-order valence-corrected chi connectivity index (χ2v) is 6.77. The zero-order valence-corrected chi connectivity index (χ0v) is 9.85. The normalized spacial score (nSPS) is 11.9. The average Bonchev–Trinajstić information content (AvgIpc) is 2.08. The second kappa shape index (κ2) is 3.14. The molecule has 0 saturated heterocycles. The molecule has 1 aromatic heterocycles. The first-order chi connectivity index (χ1) is 4.91. The highest BCUT2D eigenvalue weighted by molar-refractivity contribution is 9.11.